The normalized spacial score (nSPS) is 18.2. The number of aryl methyl sites for hydroxylation is 1. The van der Waals surface area contributed by atoms with E-state index in [4.69, 9.17) is 0 Å². The van der Waals surface area contributed by atoms with Crippen LogP contribution in [0.4, 0.5) is 5.69 Å². The molecule has 6 nitrogen and oxygen atoms in total. The monoisotopic (exact) mass is 360 g/mol. The highest BCUT2D eigenvalue weighted by atomic mass is 32.2. The molecule has 1 saturated heterocycles. The van der Waals surface area contributed by atoms with Crippen molar-refractivity contribution in [2.75, 3.05) is 11.9 Å². The van der Waals surface area contributed by atoms with Crippen LogP contribution in [0.1, 0.15) is 18.4 Å². The van der Waals surface area contributed by atoms with Gasteiger partial charge in [-0.1, -0.05) is 17.7 Å². The van der Waals surface area contributed by atoms with E-state index in [9.17, 15) is 18.3 Å². The van der Waals surface area contributed by atoms with Crippen molar-refractivity contribution in [2.24, 2.45) is 0 Å². The van der Waals surface area contributed by atoms with Crippen LogP contribution in [0, 0.1) is 6.92 Å². The molecule has 2 aromatic carbocycles. The van der Waals surface area contributed by atoms with Crippen LogP contribution in [0.15, 0.2) is 53.4 Å². The average Bonchev–Trinajstić information content (AvgIpc) is 3.08. The summed E-state index contributed by atoms with van der Waals surface area (Å²) in [4.78, 5) is 12.8. The summed E-state index contributed by atoms with van der Waals surface area (Å²) in [7, 11) is -3.72. The largest absolute Gasteiger partial charge is 0.508 e. The van der Waals surface area contributed by atoms with Crippen molar-refractivity contribution in [2.45, 2.75) is 30.7 Å². The standard InChI is InChI=1S/C18H20N2O4S/c1-13-4-10-16(11-5-13)25(23,24)20-12-2-3-17(20)18(22)19-14-6-8-15(21)9-7-14/h4-11,17,21H,2-3,12H2,1H3,(H,19,22)/t17-/m1/s1. The van der Waals surface area contributed by atoms with Crippen molar-refractivity contribution >= 4 is 21.6 Å². The predicted molar refractivity (Wildman–Crippen MR) is 94.8 cm³/mol. The lowest BCUT2D eigenvalue weighted by molar-refractivity contribution is -0.119. The summed E-state index contributed by atoms with van der Waals surface area (Å²) in [5.74, 6) is -0.263. The molecule has 3 rings (SSSR count). The van der Waals surface area contributed by atoms with Gasteiger partial charge in [-0.15, -0.1) is 0 Å². The van der Waals surface area contributed by atoms with E-state index < -0.39 is 16.1 Å². The molecular formula is C18H20N2O4S. The highest BCUT2D eigenvalue weighted by Crippen LogP contribution is 2.27. The highest BCUT2D eigenvalue weighted by Gasteiger charge is 2.39. The lowest BCUT2D eigenvalue weighted by Crippen LogP contribution is -2.43. The maximum atomic E-state index is 12.9. The number of hydrogen-bond acceptors (Lipinski definition) is 4. The number of sulfonamides is 1. The summed E-state index contributed by atoms with van der Waals surface area (Å²) >= 11 is 0. The first kappa shape index (κ1) is 17.4. The number of benzene rings is 2. The van der Waals surface area contributed by atoms with Crippen LogP contribution in [0.5, 0.6) is 5.75 Å². The van der Waals surface area contributed by atoms with E-state index in [1.54, 1.807) is 36.4 Å². The van der Waals surface area contributed by atoms with Crippen molar-refractivity contribution in [3.05, 3.63) is 54.1 Å². The summed E-state index contributed by atoms with van der Waals surface area (Å²) < 4.78 is 27.0. The van der Waals surface area contributed by atoms with Gasteiger partial charge in [0.25, 0.3) is 0 Å². The zero-order valence-corrected chi connectivity index (χ0v) is 14.7. The number of phenols is 1. The third-order valence-corrected chi connectivity index (χ3v) is 6.19. The average molecular weight is 360 g/mol. The Labute approximate surface area is 147 Å². The van der Waals surface area contributed by atoms with Crippen molar-refractivity contribution in [1.82, 2.24) is 4.31 Å². The molecule has 0 unspecified atom stereocenters. The van der Waals surface area contributed by atoms with Crippen LogP contribution >= 0.6 is 0 Å². The molecular weight excluding hydrogens is 340 g/mol. The maximum Gasteiger partial charge on any atom is 0.243 e. The third-order valence-electron chi connectivity index (χ3n) is 4.27. The van der Waals surface area contributed by atoms with Gasteiger partial charge >= 0.3 is 0 Å². The van der Waals surface area contributed by atoms with Gasteiger partial charge in [-0.05, 0) is 56.2 Å². The van der Waals surface area contributed by atoms with Crippen LogP contribution in [0.2, 0.25) is 0 Å². The molecule has 1 heterocycles. The Hall–Kier alpha value is -2.38. The smallest absolute Gasteiger partial charge is 0.243 e. The fourth-order valence-corrected chi connectivity index (χ4v) is 4.56. The van der Waals surface area contributed by atoms with Crippen molar-refractivity contribution < 1.29 is 18.3 Å². The molecule has 132 valence electrons. The molecule has 1 aliphatic heterocycles. The van der Waals surface area contributed by atoms with E-state index >= 15 is 0 Å². The Balaban J connectivity index is 1.80. The fourth-order valence-electron chi connectivity index (χ4n) is 2.91. The lowest BCUT2D eigenvalue weighted by atomic mass is 10.2. The molecule has 0 bridgehead atoms. The number of hydrogen-bond donors (Lipinski definition) is 2. The molecule has 1 amide bonds. The van der Waals surface area contributed by atoms with Crippen LogP contribution in [0.3, 0.4) is 0 Å². The van der Waals surface area contributed by atoms with E-state index in [0.717, 1.165) is 5.56 Å². The molecule has 0 radical (unpaired) electrons. The minimum Gasteiger partial charge on any atom is -0.508 e. The second-order valence-corrected chi connectivity index (χ2v) is 8.01. The van der Waals surface area contributed by atoms with Crippen molar-refractivity contribution in [3.8, 4) is 5.75 Å². The molecule has 1 atom stereocenters. The third kappa shape index (κ3) is 3.67. The van der Waals surface area contributed by atoms with E-state index in [1.807, 2.05) is 6.92 Å². The molecule has 1 aliphatic rings. The van der Waals surface area contributed by atoms with Gasteiger partial charge in [0.2, 0.25) is 15.9 Å². The van der Waals surface area contributed by atoms with Crippen LogP contribution in [0.25, 0.3) is 0 Å². The SMILES string of the molecule is Cc1ccc(S(=O)(=O)N2CCC[C@@H]2C(=O)Nc2ccc(O)cc2)cc1. The Morgan fingerprint density at radius 3 is 2.40 bits per heavy atom. The van der Waals surface area contributed by atoms with Crippen molar-refractivity contribution in [1.29, 1.82) is 0 Å². The zero-order chi connectivity index (χ0) is 18.0. The molecule has 7 heteroatoms. The number of rotatable bonds is 4. The highest BCUT2D eigenvalue weighted by molar-refractivity contribution is 7.89. The maximum absolute atomic E-state index is 12.9. The number of nitrogens with zero attached hydrogens (tertiary/aromatic N) is 1. The number of aromatic hydroxyl groups is 1. The van der Waals surface area contributed by atoms with E-state index in [-0.39, 0.29) is 16.6 Å². The minimum absolute atomic E-state index is 0.0995. The number of amides is 1. The quantitative estimate of drug-likeness (QED) is 0.820. The van der Waals surface area contributed by atoms with Gasteiger partial charge in [0, 0.05) is 12.2 Å². The lowest BCUT2D eigenvalue weighted by Gasteiger charge is -2.23. The van der Waals surface area contributed by atoms with Gasteiger partial charge in [-0.3, -0.25) is 4.79 Å². The van der Waals surface area contributed by atoms with Crippen molar-refractivity contribution in [3.63, 3.8) is 0 Å². The molecule has 0 spiro atoms. The van der Waals surface area contributed by atoms with Crippen LogP contribution < -0.4 is 5.32 Å². The van der Waals surface area contributed by atoms with E-state index in [0.29, 0.717) is 25.1 Å². The van der Waals surface area contributed by atoms with Gasteiger partial charge in [-0.2, -0.15) is 4.31 Å². The van der Waals surface area contributed by atoms with Gasteiger partial charge < -0.3 is 10.4 Å². The number of anilines is 1. The summed E-state index contributed by atoms with van der Waals surface area (Å²) in [6.07, 6.45) is 1.12. The van der Waals surface area contributed by atoms with Gasteiger partial charge in [0.05, 0.1) is 4.90 Å². The van der Waals surface area contributed by atoms with Gasteiger partial charge in [0.15, 0.2) is 0 Å². The molecule has 0 aromatic heterocycles. The van der Waals surface area contributed by atoms with Gasteiger partial charge in [0.1, 0.15) is 11.8 Å². The first-order valence-corrected chi connectivity index (χ1v) is 9.50. The van der Waals surface area contributed by atoms with Gasteiger partial charge in [-0.25, -0.2) is 8.42 Å². The molecule has 25 heavy (non-hydrogen) atoms. The summed E-state index contributed by atoms with van der Waals surface area (Å²) in [5, 5.41) is 12.0. The van der Waals surface area contributed by atoms with Crippen LogP contribution in [-0.4, -0.2) is 36.3 Å². The summed E-state index contributed by atoms with van der Waals surface area (Å²) in [6, 6.07) is 12.0. The van der Waals surface area contributed by atoms with E-state index in [1.165, 1.54) is 16.4 Å². The minimum atomic E-state index is -3.72. The first-order chi connectivity index (χ1) is 11.9. The molecule has 1 fully saturated rings. The second kappa shape index (κ2) is 6.85. The van der Waals surface area contributed by atoms with E-state index in [2.05, 4.69) is 5.32 Å². The fraction of sp³-hybridized carbons (Fsp3) is 0.278. The predicted octanol–water partition coefficient (Wildman–Crippen LogP) is 2.49. The first-order valence-electron chi connectivity index (χ1n) is 8.06. The summed E-state index contributed by atoms with van der Waals surface area (Å²) in [5.41, 5.74) is 1.49. The zero-order valence-electron chi connectivity index (χ0n) is 13.8. The number of carbonyl (C=O) groups excluding carboxylic acids is 1. The summed E-state index contributed by atoms with van der Waals surface area (Å²) in [6.45, 7) is 2.21. The topological polar surface area (TPSA) is 86.7 Å². The Kier molecular flexibility index (Phi) is 4.78. The number of carbonyl (C=O) groups is 1. The Bertz CT molecular complexity index is 861. The second-order valence-electron chi connectivity index (χ2n) is 6.12. The molecule has 0 aliphatic carbocycles. The molecule has 2 N–H and O–H groups in total. The number of phenolic OH excluding ortho intramolecular Hbond substituents is 1. The van der Waals surface area contributed by atoms with Crippen LogP contribution in [-0.2, 0) is 14.8 Å². The number of nitrogens with one attached hydrogen (secondary N) is 1. The Morgan fingerprint density at radius 1 is 1.12 bits per heavy atom. The molecule has 0 saturated carbocycles. The Morgan fingerprint density at radius 2 is 1.76 bits per heavy atom. The molecule has 2 aromatic rings.